The molecule has 1 unspecified atom stereocenters. The summed E-state index contributed by atoms with van der Waals surface area (Å²) in [5.74, 6) is 1.03. The Hall–Kier alpha value is -1.72. The fraction of sp³-hybridized carbons (Fsp3) is 0.429. The molecule has 102 valence electrons. The molecule has 0 aliphatic carbocycles. The zero-order valence-corrected chi connectivity index (χ0v) is 11.5. The number of aromatic nitrogens is 2. The molecule has 0 amide bonds. The van der Waals surface area contributed by atoms with Gasteiger partial charge in [0.2, 0.25) is 5.89 Å². The van der Waals surface area contributed by atoms with Gasteiger partial charge in [0.15, 0.2) is 5.82 Å². The van der Waals surface area contributed by atoms with Crippen LogP contribution >= 0.6 is 0 Å². The monoisotopic (exact) mass is 261 g/mol. The van der Waals surface area contributed by atoms with Crippen LogP contribution in [0.2, 0.25) is 0 Å². The van der Waals surface area contributed by atoms with Gasteiger partial charge in [-0.25, -0.2) is 0 Å². The Kier molecular flexibility index (Phi) is 3.97. The van der Waals surface area contributed by atoms with Crippen LogP contribution in [0.4, 0.5) is 0 Å². The summed E-state index contributed by atoms with van der Waals surface area (Å²) in [6, 6.07) is 9.57. The maximum Gasteiger partial charge on any atom is 0.229 e. The molecule has 1 aromatic carbocycles. The molecule has 1 heterocycles. The molecule has 1 atom stereocenters. The third-order valence-electron chi connectivity index (χ3n) is 2.90. The molecule has 1 N–H and O–H groups in total. The van der Waals surface area contributed by atoms with Crippen LogP contribution in [-0.4, -0.2) is 40.8 Å². The van der Waals surface area contributed by atoms with Gasteiger partial charge in [0, 0.05) is 6.54 Å². The Morgan fingerprint density at radius 1 is 1.26 bits per heavy atom. The van der Waals surface area contributed by atoms with Gasteiger partial charge >= 0.3 is 0 Å². The first-order chi connectivity index (χ1) is 8.99. The van der Waals surface area contributed by atoms with Crippen molar-refractivity contribution in [3.05, 3.63) is 47.6 Å². The lowest BCUT2D eigenvalue weighted by Crippen LogP contribution is -2.39. The number of likely N-dealkylation sites (N-methyl/N-ethyl adjacent to an activating group) is 1. The minimum absolute atomic E-state index is 0.302. The van der Waals surface area contributed by atoms with Gasteiger partial charge in [-0.3, -0.25) is 0 Å². The SMILES string of the molecule is Cc1noc(CC(O)(CN(C)C)c2ccccc2)n1. The second-order valence-corrected chi connectivity index (χ2v) is 5.05. The molecule has 0 aliphatic rings. The summed E-state index contributed by atoms with van der Waals surface area (Å²) in [6.45, 7) is 2.25. The Balaban J connectivity index is 2.29. The first-order valence-electron chi connectivity index (χ1n) is 6.21. The Morgan fingerprint density at radius 3 is 2.47 bits per heavy atom. The average molecular weight is 261 g/mol. The molecule has 0 aliphatic heterocycles. The minimum atomic E-state index is -1.04. The topological polar surface area (TPSA) is 62.4 Å². The van der Waals surface area contributed by atoms with Crippen molar-refractivity contribution in [1.82, 2.24) is 15.0 Å². The molecule has 0 bridgehead atoms. The predicted molar refractivity (Wildman–Crippen MR) is 71.6 cm³/mol. The normalized spacial score (nSPS) is 14.6. The van der Waals surface area contributed by atoms with Crippen molar-refractivity contribution in [2.45, 2.75) is 18.9 Å². The molecule has 0 saturated heterocycles. The van der Waals surface area contributed by atoms with Crippen molar-refractivity contribution in [1.29, 1.82) is 0 Å². The highest BCUT2D eigenvalue weighted by Crippen LogP contribution is 2.26. The maximum atomic E-state index is 10.9. The number of aliphatic hydroxyl groups is 1. The van der Waals surface area contributed by atoms with Crippen LogP contribution in [0.5, 0.6) is 0 Å². The van der Waals surface area contributed by atoms with E-state index in [2.05, 4.69) is 10.1 Å². The summed E-state index contributed by atoms with van der Waals surface area (Å²) < 4.78 is 5.12. The summed E-state index contributed by atoms with van der Waals surface area (Å²) in [4.78, 5) is 6.11. The van der Waals surface area contributed by atoms with E-state index in [0.29, 0.717) is 24.7 Å². The zero-order valence-electron chi connectivity index (χ0n) is 11.5. The number of hydrogen-bond acceptors (Lipinski definition) is 5. The molecule has 2 rings (SSSR count). The number of nitrogens with zero attached hydrogens (tertiary/aromatic N) is 3. The molecule has 0 radical (unpaired) electrons. The van der Waals surface area contributed by atoms with Gasteiger partial charge in [-0.2, -0.15) is 4.98 Å². The summed E-state index contributed by atoms with van der Waals surface area (Å²) >= 11 is 0. The summed E-state index contributed by atoms with van der Waals surface area (Å²) in [5, 5.41) is 14.7. The van der Waals surface area contributed by atoms with Crippen LogP contribution in [0.1, 0.15) is 17.3 Å². The molecule has 2 aromatic rings. The summed E-state index contributed by atoms with van der Waals surface area (Å²) in [6.07, 6.45) is 0.302. The van der Waals surface area contributed by atoms with Crippen molar-refractivity contribution < 1.29 is 9.63 Å². The lowest BCUT2D eigenvalue weighted by molar-refractivity contribution is 0.00512. The molecular formula is C14H19N3O2. The standard InChI is InChI=1S/C14H19N3O2/c1-11-15-13(19-16-11)9-14(18,10-17(2)3)12-7-5-4-6-8-12/h4-8,18H,9-10H2,1-3H3. The number of benzene rings is 1. The fourth-order valence-electron chi connectivity index (χ4n) is 2.18. The van der Waals surface area contributed by atoms with E-state index in [-0.39, 0.29) is 0 Å². The highest BCUT2D eigenvalue weighted by atomic mass is 16.5. The van der Waals surface area contributed by atoms with Crippen LogP contribution in [0.15, 0.2) is 34.9 Å². The van der Waals surface area contributed by atoms with Gasteiger partial charge in [0.1, 0.15) is 5.60 Å². The molecule has 19 heavy (non-hydrogen) atoms. The van der Waals surface area contributed by atoms with Crippen molar-refractivity contribution in [2.24, 2.45) is 0 Å². The first-order valence-corrected chi connectivity index (χ1v) is 6.21. The van der Waals surface area contributed by atoms with Crippen molar-refractivity contribution >= 4 is 0 Å². The van der Waals surface area contributed by atoms with E-state index in [0.717, 1.165) is 5.56 Å². The summed E-state index contributed by atoms with van der Waals surface area (Å²) in [7, 11) is 3.85. The van der Waals surface area contributed by atoms with Crippen LogP contribution < -0.4 is 0 Å². The molecule has 0 fully saturated rings. The smallest absolute Gasteiger partial charge is 0.229 e. The van der Waals surface area contributed by atoms with Crippen molar-refractivity contribution in [3.63, 3.8) is 0 Å². The Bertz CT molecular complexity index is 524. The molecule has 0 saturated carbocycles. The van der Waals surface area contributed by atoms with Gasteiger partial charge in [-0.15, -0.1) is 0 Å². The van der Waals surface area contributed by atoms with Gasteiger partial charge in [0.05, 0.1) is 6.42 Å². The van der Waals surface area contributed by atoms with E-state index in [9.17, 15) is 5.11 Å². The third-order valence-corrected chi connectivity index (χ3v) is 2.90. The lowest BCUT2D eigenvalue weighted by Gasteiger charge is -2.30. The predicted octanol–water partition coefficient (Wildman–Crippen LogP) is 1.37. The molecule has 0 spiro atoms. The summed E-state index contributed by atoms with van der Waals surface area (Å²) in [5.41, 5.74) is -0.191. The molecule has 5 heteroatoms. The Labute approximate surface area is 112 Å². The van der Waals surface area contributed by atoms with E-state index < -0.39 is 5.60 Å². The van der Waals surface area contributed by atoms with Crippen LogP contribution in [0.3, 0.4) is 0 Å². The van der Waals surface area contributed by atoms with E-state index in [1.54, 1.807) is 6.92 Å². The first kappa shape index (κ1) is 13.7. The van der Waals surface area contributed by atoms with Gasteiger partial charge in [-0.05, 0) is 26.6 Å². The van der Waals surface area contributed by atoms with Gasteiger partial charge in [-0.1, -0.05) is 35.5 Å². The fourth-order valence-corrected chi connectivity index (χ4v) is 2.18. The second kappa shape index (κ2) is 5.50. The maximum absolute atomic E-state index is 10.9. The van der Waals surface area contributed by atoms with E-state index in [1.807, 2.05) is 49.3 Å². The Morgan fingerprint density at radius 2 is 1.95 bits per heavy atom. The number of hydrogen-bond donors (Lipinski definition) is 1. The number of rotatable bonds is 5. The van der Waals surface area contributed by atoms with Crippen molar-refractivity contribution in [2.75, 3.05) is 20.6 Å². The molecule has 5 nitrogen and oxygen atoms in total. The zero-order chi connectivity index (χ0) is 13.9. The molecular weight excluding hydrogens is 242 g/mol. The van der Waals surface area contributed by atoms with E-state index in [1.165, 1.54) is 0 Å². The van der Waals surface area contributed by atoms with Crippen molar-refractivity contribution in [3.8, 4) is 0 Å². The average Bonchev–Trinajstić information content (AvgIpc) is 2.74. The van der Waals surface area contributed by atoms with Gasteiger partial charge < -0.3 is 14.5 Å². The molecule has 1 aromatic heterocycles. The van der Waals surface area contributed by atoms with Crippen LogP contribution in [0.25, 0.3) is 0 Å². The lowest BCUT2D eigenvalue weighted by atomic mass is 9.90. The highest BCUT2D eigenvalue weighted by Gasteiger charge is 2.32. The van der Waals surface area contributed by atoms with Crippen LogP contribution in [-0.2, 0) is 12.0 Å². The number of aryl methyl sites for hydroxylation is 1. The highest BCUT2D eigenvalue weighted by molar-refractivity contribution is 5.24. The second-order valence-electron chi connectivity index (χ2n) is 5.05. The largest absolute Gasteiger partial charge is 0.383 e. The van der Waals surface area contributed by atoms with E-state index >= 15 is 0 Å². The van der Waals surface area contributed by atoms with Crippen LogP contribution in [0, 0.1) is 6.92 Å². The minimum Gasteiger partial charge on any atom is -0.383 e. The third kappa shape index (κ3) is 3.39. The van der Waals surface area contributed by atoms with Gasteiger partial charge in [0.25, 0.3) is 0 Å². The van der Waals surface area contributed by atoms with E-state index in [4.69, 9.17) is 4.52 Å². The quantitative estimate of drug-likeness (QED) is 0.880.